The van der Waals surface area contributed by atoms with Gasteiger partial charge in [-0.25, -0.2) is 9.97 Å². The van der Waals surface area contributed by atoms with Crippen LogP contribution < -0.4 is 5.32 Å². The Morgan fingerprint density at radius 2 is 1.57 bits per heavy atom. The fourth-order valence-electron chi connectivity index (χ4n) is 2.26. The largest absolute Gasteiger partial charge is 0.324 e. The highest BCUT2D eigenvalue weighted by Crippen LogP contribution is 2.23. The number of rotatable bonds is 4. The molecule has 1 N–H and O–H groups in total. The van der Waals surface area contributed by atoms with Crippen LogP contribution in [0, 0.1) is 0 Å². The molecule has 1 aromatic heterocycles. The lowest BCUT2D eigenvalue weighted by Gasteiger charge is -2.10. The van der Waals surface area contributed by atoms with Crippen molar-refractivity contribution in [1.82, 2.24) is 9.97 Å². The smallest absolute Gasteiger partial charge is 0.227 e. The molecule has 0 spiro atoms. The zero-order valence-corrected chi connectivity index (χ0v) is 12.0. The van der Waals surface area contributed by atoms with E-state index in [9.17, 15) is 0 Å². The highest BCUT2D eigenvalue weighted by atomic mass is 15.1. The topological polar surface area (TPSA) is 37.8 Å². The van der Waals surface area contributed by atoms with Gasteiger partial charge in [0.2, 0.25) is 5.95 Å². The van der Waals surface area contributed by atoms with E-state index in [1.807, 2.05) is 54.7 Å². The molecule has 0 aliphatic heterocycles. The first-order valence-corrected chi connectivity index (χ1v) is 7.10. The molecule has 3 rings (SSSR count). The summed E-state index contributed by atoms with van der Waals surface area (Å²) in [5, 5.41) is 3.24. The van der Waals surface area contributed by atoms with E-state index in [0.717, 1.165) is 28.9 Å². The van der Waals surface area contributed by atoms with Gasteiger partial charge in [0.15, 0.2) is 0 Å². The van der Waals surface area contributed by atoms with Crippen LogP contribution in [0.4, 0.5) is 11.6 Å². The van der Waals surface area contributed by atoms with Crippen LogP contribution in [-0.2, 0) is 6.42 Å². The van der Waals surface area contributed by atoms with Crippen LogP contribution >= 0.6 is 0 Å². The van der Waals surface area contributed by atoms with Crippen LogP contribution in [0.5, 0.6) is 0 Å². The van der Waals surface area contributed by atoms with Gasteiger partial charge in [0.05, 0.1) is 5.69 Å². The Labute approximate surface area is 124 Å². The Bertz CT molecular complexity index is 709. The summed E-state index contributed by atoms with van der Waals surface area (Å²) in [5.74, 6) is 0.637. The maximum Gasteiger partial charge on any atom is 0.227 e. The second-order valence-corrected chi connectivity index (χ2v) is 4.76. The first-order valence-electron chi connectivity index (χ1n) is 7.10. The van der Waals surface area contributed by atoms with Gasteiger partial charge in [-0.2, -0.15) is 0 Å². The predicted molar refractivity (Wildman–Crippen MR) is 86.6 cm³/mol. The van der Waals surface area contributed by atoms with Crippen molar-refractivity contribution in [2.75, 3.05) is 5.32 Å². The van der Waals surface area contributed by atoms with E-state index < -0.39 is 0 Å². The van der Waals surface area contributed by atoms with Gasteiger partial charge in [-0.05, 0) is 24.1 Å². The third kappa shape index (κ3) is 3.08. The Morgan fingerprint density at radius 3 is 2.24 bits per heavy atom. The van der Waals surface area contributed by atoms with Crippen LogP contribution in [0.1, 0.15) is 12.6 Å². The highest BCUT2D eigenvalue weighted by Gasteiger charge is 2.07. The average Bonchev–Trinajstić information content (AvgIpc) is 2.56. The monoisotopic (exact) mass is 275 g/mol. The number of aryl methyl sites for hydroxylation is 1. The summed E-state index contributed by atoms with van der Waals surface area (Å²) in [7, 11) is 0. The predicted octanol–water partition coefficient (Wildman–Crippen LogP) is 4.45. The van der Waals surface area contributed by atoms with Crippen molar-refractivity contribution in [2.45, 2.75) is 13.3 Å². The van der Waals surface area contributed by atoms with Gasteiger partial charge in [-0.3, -0.25) is 0 Å². The lowest BCUT2D eigenvalue weighted by molar-refractivity contribution is 1.01. The summed E-state index contributed by atoms with van der Waals surface area (Å²) in [5.41, 5.74) is 4.29. The van der Waals surface area contributed by atoms with Crippen molar-refractivity contribution < 1.29 is 0 Å². The van der Waals surface area contributed by atoms with Crippen LogP contribution in [0.3, 0.4) is 0 Å². The minimum atomic E-state index is 0.637. The first kappa shape index (κ1) is 13.3. The Morgan fingerprint density at radius 1 is 0.905 bits per heavy atom. The maximum atomic E-state index is 4.64. The maximum absolute atomic E-state index is 4.64. The highest BCUT2D eigenvalue weighted by molar-refractivity contribution is 5.66. The molecule has 0 aliphatic carbocycles. The quantitative estimate of drug-likeness (QED) is 0.764. The normalized spacial score (nSPS) is 10.3. The molecule has 1 heterocycles. The molecule has 0 aliphatic rings. The van der Waals surface area contributed by atoms with E-state index in [-0.39, 0.29) is 0 Å². The molecule has 0 fully saturated rings. The summed E-state index contributed by atoms with van der Waals surface area (Å²) in [6, 6.07) is 20.2. The molecule has 2 aromatic carbocycles. The molecule has 0 radical (unpaired) electrons. The zero-order valence-electron chi connectivity index (χ0n) is 12.0. The number of para-hydroxylation sites is 1. The summed E-state index contributed by atoms with van der Waals surface area (Å²) in [6.45, 7) is 2.11. The molecule has 3 heteroatoms. The molecule has 21 heavy (non-hydrogen) atoms. The lowest BCUT2D eigenvalue weighted by atomic mass is 10.0. The number of nitrogens with zero attached hydrogens (tertiary/aromatic N) is 2. The molecular formula is C18H17N3. The molecule has 0 amide bonds. The van der Waals surface area contributed by atoms with Gasteiger partial charge >= 0.3 is 0 Å². The second-order valence-electron chi connectivity index (χ2n) is 4.76. The lowest BCUT2D eigenvalue weighted by Crippen LogP contribution is -2.01. The summed E-state index contributed by atoms with van der Waals surface area (Å²) in [4.78, 5) is 9.08. The Balaban J connectivity index is 1.92. The minimum absolute atomic E-state index is 0.637. The number of anilines is 2. The van der Waals surface area contributed by atoms with Gasteiger partial charge in [-0.15, -0.1) is 0 Å². The van der Waals surface area contributed by atoms with Gasteiger partial charge in [0.1, 0.15) is 0 Å². The number of nitrogens with one attached hydrogen (secondary N) is 1. The van der Waals surface area contributed by atoms with E-state index in [0.29, 0.717) is 5.95 Å². The molecule has 3 nitrogen and oxygen atoms in total. The third-order valence-electron chi connectivity index (χ3n) is 3.32. The van der Waals surface area contributed by atoms with Crippen molar-refractivity contribution >= 4 is 11.6 Å². The molecular weight excluding hydrogens is 258 g/mol. The van der Waals surface area contributed by atoms with E-state index >= 15 is 0 Å². The van der Waals surface area contributed by atoms with Crippen molar-refractivity contribution in [1.29, 1.82) is 0 Å². The fraction of sp³-hybridized carbons (Fsp3) is 0.111. The van der Waals surface area contributed by atoms with E-state index in [2.05, 4.69) is 34.3 Å². The van der Waals surface area contributed by atoms with Gasteiger partial charge < -0.3 is 5.32 Å². The van der Waals surface area contributed by atoms with Crippen LogP contribution in [0.2, 0.25) is 0 Å². The third-order valence-corrected chi connectivity index (χ3v) is 3.32. The van der Waals surface area contributed by atoms with Crippen LogP contribution in [0.15, 0.2) is 66.9 Å². The van der Waals surface area contributed by atoms with Gasteiger partial charge in [0, 0.05) is 17.4 Å². The van der Waals surface area contributed by atoms with Gasteiger partial charge in [-0.1, -0.05) is 55.5 Å². The molecule has 0 bridgehead atoms. The Hall–Kier alpha value is -2.68. The van der Waals surface area contributed by atoms with E-state index in [4.69, 9.17) is 0 Å². The summed E-state index contributed by atoms with van der Waals surface area (Å²) < 4.78 is 0. The summed E-state index contributed by atoms with van der Waals surface area (Å²) in [6.07, 6.45) is 2.77. The fourth-order valence-corrected chi connectivity index (χ4v) is 2.26. The molecule has 0 saturated carbocycles. The van der Waals surface area contributed by atoms with E-state index in [1.165, 1.54) is 0 Å². The van der Waals surface area contributed by atoms with Gasteiger partial charge in [0.25, 0.3) is 0 Å². The van der Waals surface area contributed by atoms with Crippen molar-refractivity contribution in [3.05, 3.63) is 72.6 Å². The van der Waals surface area contributed by atoms with E-state index in [1.54, 1.807) is 0 Å². The second kappa shape index (κ2) is 6.18. The minimum Gasteiger partial charge on any atom is -0.324 e. The molecule has 3 aromatic rings. The van der Waals surface area contributed by atoms with Crippen molar-refractivity contribution in [3.8, 4) is 11.1 Å². The summed E-state index contributed by atoms with van der Waals surface area (Å²) >= 11 is 0. The molecule has 0 atom stereocenters. The van der Waals surface area contributed by atoms with Crippen molar-refractivity contribution in [2.24, 2.45) is 0 Å². The number of hydrogen-bond acceptors (Lipinski definition) is 3. The SMILES string of the molecule is CCc1nc(Nc2ccccc2)ncc1-c1ccccc1. The Kier molecular flexibility index (Phi) is 3.92. The van der Waals surface area contributed by atoms with Crippen molar-refractivity contribution in [3.63, 3.8) is 0 Å². The van der Waals surface area contributed by atoms with Crippen LogP contribution in [-0.4, -0.2) is 9.97 Å². The average molecular weight is 275 g/mol. The number of aromatic nitrogens is 2. The van der Waals surface area contributed by atoms with Crippen LogP contribution in [0.25, 0.3) is 11.1 Å². The number of hydrogen-bond donors (Lipinski definition) is 1. The number of benzene rings is 2. The first-order chi connectivity index (χ1) is 10.4. The molecule has 0 unspecified atom stereocenters. The zero-order chi connectivity index (χ0) is 14.5. The molecule has 104 valence electrons. The molecule has 0 saturated heterocycles. The standard InChI is InChI=1S/C18H17N3/c1-2-17-16(14-9-5-3-6-10-14)13-19-18(21-17)20-15-11-7-4-8-12-15/h3-13H,2H2,1H3,(H,19,20,21).